The molecular formula is C18H24N2. The number of nitrogens with zero attached hydrogens (tertiary/aromatic N) is 1. The summed E-state index contributed by atoms with van der Waals surface area (Å²) in [5.41, 5.74) is 2.63. The summed E-state index contributed by atoms with van der Waals surface area (Å²) >= 11 is 0. The Morgan fingerprint density at radius 1 is 0.950 bits per heavy atom. The summed E-state index contributed by atoms with van der Waals surface area (Å²) in [7, 11) is 2.15. The predicted molar refractivity (Wildman–Crippen MR) is 87.2 cm³/mol. The van der Waals surface area contributed by atoms with Crippen molar-refractivity contribution in [1.29, 1.82) is 0 Å². The second-order valence-electron chi connectivity index (χ2n) is 5.20. The zero-order chi connectivity index (χ0) is 14.2. The first-order chi connectivity index (χ1) is 9.77. The number of para-hydroxylation sites is 1. The fraction of sp³-hybridized carbons (Fsp3) is 0.333. The second-order valence-corrected chi connectivity index (χ2v) is 5.20. The van der Waals surface area contributed by atoms with Gasteiger partial charge in [0.2, 0.25) is 0 Å². The molecule has 0 saturated heterocycles. The Labute approximate surface area is 122 Å². The van der Waals surface area contributed by atoms with Crippen molar-refractivity contribution < 1.29 is 0 Å². The van der Waals surface area contributed by atoms with Crippen LogP contribution >= 0.6 is 0 Å². The standard InChI is InChI=1S/C18H24N2/c1-16(17-10-5-3-6-11-17)19-14-9-15-20(2)18-12-7-4-8-13-18/h3-8,10-13,16,19H,9,14-15H2,1-2H3. The molecule has 20 heavy (non-hydrogen) atoms. The van der Waals surface area contributed by atoms with Crippen molar-refractivity contribution in [3.8, 4) is 0 Å². The molecule has 1 atom stereocenters. The normalized spacial score (nSPS) is 12.1. The van der Waals surface area contributed by atoms with Gasteiger partial charge in [-0.25, -0.2) is 0 Å². The molecule has 0 saturated carbocycles. The summed E-state index contributed by atoms with van der Waals surface area (Å²) < 4.78 is 0. The second kappa shape index (κ2) is 7.71. The van der Waals surface area contributed by atoms with Crippen molar-refractivity contribution in [2.45, 2.75) is 19.4 Å². The lowest BCUT2D eigenvalue weighted by atomic mass is 10.1. The van der Waals surface area contributed by atoms with Gasteiger partial charge in [-0.3, -0.25) is 0 Å². The lowest BCUT2D eigenvalue weighted by Crippen LogP contribution is -2.25. The molecule has 0 aliphatic heterocycles. The third kappa shape index (κ3) is 4.39. The first-order valence-corrected chi connectivity index (χ1v) is 7.32. The molecule has 2 aromatic carbocycles. The Hall–Kier alpha value is -1.80. The van der Waals surface area contributed by atoms with Gasteiger partial charge >= 0.3 is 0 Å². The van der Waals surface area contributed by atoms with Gasteiger partial charge in [0.1, 0.15) is 0 Å². The van der Waals surface area contributed by atoms with Crippen molar-refractivity contribution in [2.75, 3.05) is 25.0 Å². The first kappa shape index (κ1) is 14.6. The van der Waals surface area contributed by atoms with E-state index in [0.717, 1.165) is 19.5 Å². The smallest absolute Gasteiger partial charge is 0.0363 e. The minimum absolute atomic E-state index is 0.415. The zero-order valence-electron chi connectivity index (χ0n) is 12.4. The van der Waals surface area contributed by atoms with E-state index in [2.05, 4.69) is 84.9 Å². The SMILES string of the molecule is CC(NCCCN(C)c1ccccc1)c1ccccc1. The van der Waals surface area contributed by atoms with Crippen LogP contribution in [0, 0.1) is 0 Å². The van der Waals surface area contributed by atoms with Crippen LogP contribution in [0.4, 0.5) is 5.69 Å². The molecule has 0 amide bonds. The number of rotatable bonds is 7. The number of hydrogen-bond acceptors (Lipinski definition) is 2. The molecule has 0 aliphatic carbocycles. The summed E-state index contributed by atoms with van der Waals surface area (Å²) in [6.45, 7) is 4.32. The summed E-state index contributed by atoms with van der Waals surface area (Å²) in [6, 6.07) is 21.5. The van der Waals surface area contributed by atoms with Gasteiger partial charge in [-0.2, -0.15) is 0 Å². The van der Waals surface area contributed by atoms with E-state index in [4.69, 9.17) is 0 Å². The Kier molecular flexibility index (Phi) is 5.63. The fourth-order valence-electron chi connectivity index (χ4n) is 2.31. The van der Waals surface area contributed by atoms with Gasteiger partial charge < -0.3 is 10.2 Å². The zero-order valence-corrected chi connectivity index (χ0v) is 12.4. The number of benzene rings is 2. The van der Waals surface area contributed by atoms with Crippen LogP contribution in [0.25, 0.3) is 0 Å². The van der Waals surface area contributed by atoms with Crippen LogP contribution in [0.15, 0.2) is 60.7 Å². The highest BCUT2D eigenvalue weighted by atomic mass is 15.1. The monoisotopic (exact) mass is 268 g/mol. The molecule has 2 heteroatoms. The molecule has 2 nitrogen and oxygen atoms in total. The van der Waals surface area contributed by atoms with Gasteiger partial charge in [-0.15, -0.1) is 0 Å². The molecule has 0 bridgehead atoms. The lowest BCUT2D eigenvalue weighted by Gasteiger charge is -2.20. The quantitative estimate of drug-likeness (QED) is 0.767. The lowest BCUT2D eigenvalue weighted by molar-refractivity contribution is 0.558. The van der Waals surface area contributed by atoms with E-state index in [9.17, 15) is 0 Å². The van der Waals surface area contributed by atoms with E-state index in [1.807, 2.05) is 0 Å². The molecule has 0 aliphatic rings. The Morgan fingerprint density at radius 2 is 1.55 bits per heavy atom. The Morgan fingerprint density at radius 3 is 2.20 bits per heavy atom. The minimum Gasteiger partial charge on any atom is -0.375 e. The molecule has 2 aromatic rings. The highest BCUT2D eigenvalue weighted by Crippen LogP contribution is 2.12. The number of anilines is 1. The first-order valence-electron chi connectivity index (χ1n) is 7.32. The van der Waals surface area contributed by atoms with Crippen LogP contribution in [0.3, 0.4) is 0 Å². The molecule has 1 unspecified atom stereocenters. The van der Waals surface area contributed by atoms with E-state index in [-0.39, 0.29) is 0 Å². The van der Waals surface area contributed by atoms with Crippen LogP contribution in [-0.2, 0) is 0 Å². The van der Waals surface area contributed by atoms with Gasteiger partial charge in [-0.1, -0.05) is 48.5 Å². The molecule has 0 radical (unpaired) electrons. The van der Waals surface area contributed by atoms with E-state index >= 15 is 0 Å². The molecule has 0 fully saturated rings. The Balaban J connectivity index is 1.69. The maximum absolute atomic E-state index is 3.58. The molecule has 1 N–H and O–H groups in total. The Bertz CT molecular complexity index is 434. The van der Waals surface area contributed by atoms with Crippen molar-refractivity contribution in [1.82, 2.24) is 5.32 Å². The summed E-state index contributed by atoms with van der Waals surface area (Å²) in [4.78, 5) is 2.30. The van der Waals surface area contributed by atoms with Crippen LogP contribution in [-0.4, -0.2) is 20.1 Å². The van der Waals surface area contributed by atoms with Crippen LogP contribution in [0.5, 0.6) is 0 Å². The van der Waals surface area contributed by atoms with E-state index in [1.165, 1.54) is 11.3 Å². The van der Waals surface area contributed by atoms with Gasteiger partial charge in [0.15, 0.2) is 0 Å². The maximum atomic E-state index is 3.58. The van der Waals surface area contributed by atoms with Gasteiger partial charge in [-0.05, 0) is 37.6 Å². The minimum atomic E-state index is 0.415. The predicted octanol–water partition coefficient (Wildman–Crippen LogP) is 3.86. The summed E-state index contributed by atoms with van der Waals surface area (Å²) in [5.74, 6) is 0. The fourth-order valence-corrected chi connectivity index (χ4v) is 2.31. The summed E-state index contributed by atoms with van der Waals surface area (Å²) in [5, 5.41) is 3.58. The van der Waals surface area contributed by atoms with Gasteiger partial charge in [0, 0.05) is 25.3 Å². The third-order valence-corrected chi connectivity index (χ3v) is 3.62. The van der Waals surface area contributed by atoms with Crippen molar-refractivity contribution >= 4 is 5.69 Å². The van der Waals surface area contributed by atoms with Gasteiger partial charge in [0.05, 0.1) is 0 Å². The highest BCUT2D eigenvalue weighted by molar-refractivity contribution is 5.44. The molecule has 0 spiro atoms. The molecule has 106 valence electrons. The number of nitrogens with one attached hydrogen (secondary N) is 1. The number of hydrogen-bond donors (Lipinski definition) is 1. The molecule has 0 aromatic heterocycles. The van der Waals surface area contributed by atoms with E-state index in [1.54, 1.807) is 0 Å². The summed E-state index contributed by atoms with van der Waals surface area (Å²) in [6.07, 6.45) is 1.14. The van der Waals surface area contributed by atoms with E-state index in [0.29, 0.717) is 6.04 Å². The van der Waals surface area contributed by atoms with Gasteiger partial charge in [0.25, 0.3) is 0 Å². The van der Waals surface area contributed by atoms with Crippen molar-refractivity contribution in [2.24, 2.45) is 0 Å². The highest BCUT2D eigenvalue weighted by Gasteiger charge is 2.04. The molecular weight excluding hydrogens is 244 g/mol. The van der Waals surface area contributed by atoms with Crippen molar-refractivity contribution in [3.05, 3.63) is 66.2 Å². The van der Waals surface area contributed by atoms with E-state index < -0.39 is 0 Å². The maximum Gasteiger partial charge on any atom is 0.0363 e. The van der Waals surface area contributed by atoms with Crippen LogP contribution in [0.2, 0.25) is 0 Å². The topological polar surface area (TPSA) is 15.3 Å². The average Bonchev–Trinajstić information content (AvgIpc) is 2.53. The average molecular weight is 268 g/mol. The third-order valence-electron chi connectivity index (χ3n) is 3.62. The van der Waals surface area contributed by atoms with Crippen molar-refractivity contribution in [3.63, 3.8) is 0 Å². The largest absolute Gasteiger partial charge is 0.375 e. The molecule has 2 rings (SSSR count). The molecule has 0 heterocycles. The van der Waals surface area contributed by atoms with Crippen LogP contribution in [0.1, 0.15) is 24.9 Å². The van der Waals surface area contributed by atoms with Crippen LogP contribution < -0.4 is 10.2 Å².